The third-order valence-electron chi connectivity index (χ3n) is 7.96. The minimum absolute atomic E-state index is 0.799. The monoisotopic (exact) mass is 574 g/mol. The van der Waals surface area contributed by atoms with Crippen LogP contribution in [-0.2, 0) is 0 Å². The first-order chi connectivity index (χ1) is 21.4. The van der Waals surface area contributed by atoms with Crippen LogP contribution < -0.4 is 14.5 Å². The molecule has 0 spiro atoms. The van der Waals surface area contributed by atoms with E-state index >= 15 is 0 Å². The molecule has 0 unspecified atom stereocenters. The standard InChI is InChI=1S/C41H38N2O/c1-29-11-19-34(20-12-29)42(35-21-13-30(2)14-22-35)38-27-40(33(5)41(28-38)44-39-9-7-6-8-10-39)43(36-23-15-31(3)16-24-36)37-25-17-32(4)18-26-37/h6-28H,1-5H3. The van der Waals surface area contributed by atoms with E-state index < -0.39 is 0 Å². The Hall–Kier alpha value is -5.28. The molecule has 6 aromatic rings. The van der Waals surface area contributed by atoms with Gasteiger partial charge in [0.15, 0.2) is 0 Å². The number of benzene rings is 6. The Labute approximate surface area is 261 Å². The summed E-state index contributed by atoms with van der Waals surface area (Å²) >= 11 is 0. The Balaban J connectivity index is 1.62. The highest BCUT2D eigenvalue weighted by Gasteiger charge is 2.22. The first-order valence-corrected chi connectivity index (χ1v) is 15.1. The maximum absolute atomic E-state index is 6.66. The lowest BCUT2D eigenvalue weighted by atomic mass is 10.1. The molecule has 3 nitrogen and oxygen atoms in total. The van der Waals surface area contributed by atoms with E-state index in [2.05, 4.69) is 154 Å². The summed E-state index contributed by atoms with van der Waals surface area (Å²) in [5.41, 5.74) is 12.3. The van der Waals surface area contributed by atoms with Crippen molar-refractivity contribution in [3.63, 3.8) is 0 Å². The van der Waals surface area contributed by atoms with Crippen molar-refractivity contribution in [3.05, 3.63) is 167 Å². The molecule has 0 bridgehead atoms. The predicted octanol–water partition coefficient (Wildman–Crippen LogP) is 12.0. The van der Waals surface area contributed by atoms with Crippen LogP contribution in [0.3, 0.4) is 0 Å². The molecule has 0 heterocycles. The molecule has 6 aromatic carbocycles. The molecule has 0 aliphatic carbocycles. The number of hydrogen-bond acceptors (Lipinski definition) is 3. The molecule has 0 atom stereocenters. The van der Waals surface area contributed by atoms with Crippen molar-refractivity contribution in [2.75, 3.05) is 9.80 Å². The van der Waals surface area contributed by atoms with Gasteiger partial charge < -0.3 is 14.5 Å². The number of rotatable bonds is 8. The lowest BCUT2D eigenvalue weighted by molar-refractivity contribution is 0.479. The first kappa shape index (κ1) is 28.8. The minimum Gasteiger partial charge on any atom is -0.457 e. The summed E-state index contributed by atoms with van der Waals surface area (Å²) in [5.74, 6) is 1.60. The average molecular weight is 575 g/mol. The van der Waals surface area contributed by atoms with E-state index in [1.165, 1.54) is 22.3 Å². The summed E-state index contributed by atoms with van der Waals surface area (Å²) in [6, 6.07) is 49.3. The minimum atomic E-state index is 0.799. The summed E-state index contributed by atoms with van der Waals surface area (Å²) in [7, 11) is 0. The third kappa shape index (κ3) is 6.23. The molecule has 0 saturated carbocycles. The molecule has 0 aromatic heterocycles. The van der Waals surface area contributed by atoms with E-state index in [9.17, 15) is 0 Å². The number of para-hydroxylation sites is 1. The molecule has 0 fully saturated rings. The highest BCUT2D eigenvalue weighted by Crippen LogP contribution is 2.46. The van der Waals surface area contributed by atoms with E-state index in [1.807, 2.05) is 30.3 Å². The average Bonchev–Trinajstić information content (AvgIpc) is 3.03. The van der Waals surface area contributed by atoms with Gasteiger partial charge in [-0.25, -0.2) is 0 Å². The molecular formula is C41H38N2O. The molecule has 3 heteroatoms. The van der Waals surface area contributed by atoms with Gasteiger partial charge in [0, 0.05) is 34.4 Å². The molecule has 0 aliphatic rings. The van der Waals surface area contributed by atoms with Gasteiger partial charge in [0.25, 0.3) is 0 Å². The normalized spacial score (nSPS) is 10.8. The summed E-state index contributed by atoms with van der Waals surface area (Å²) in [4.78, 5) is 4.64. The molecule has 0 amide bonds. The predicted molar refractivity (Wildman–Crippen MR) is 186 cm³/mol. The van der Waals surface area contributed by atoms with Crippen molar-refractivity contribution in [2.45, 2.75) is 34.6 Å². The quantitative estimate of drug-likeness (QED) is 0.180. The van der Waals surface area contributed by atoms with E-state index in [1.54, 1.807) is 0 Å². The van der Waals surface area contributed by atoms with E-state index in [0.717, 1.165) is 51.2 Å². The zero-order valence-electron chi connectivity index (χ0n) is 26.1. The SMILES string of the molecule is Cc1ccc(N(c2ccc(C)cc2)c2cc(Oc3ccccc3)c(C)c(N(c3ccc(C)cc3)c3ccc(C)cc3)c2)cc1. The Morgan fingerprint density at radius 2 is 0.773 bits per heavy atom. The van der Waals surface area contributed by atoms with Gasteiger partial charge in [0.05, 0.1) is 11.4 Å². The summed E-state index contributed by atoms with van der Waals surface area (Å²) in [6.07, 6.45) is 0. The third-order valence-corrected chi connectivity index (χ3v) is 7.96. The van der Waals surface area contributed by atoms with Crippen molar-refractivity contribution in [3.8, 4) is 11.5 Å². The van der Waals surface area contributed by atoms with Gasteiger partial charge in [0.1, 0.15) is 11.5 Å². The van der Waals surface area contributed by atoms with E-state index in [-0.39, 0.29) is 0 Å². The maximum atomic E-state index is 6.66. The topological polar surface area (TPSA) is 15.7 Å². The molecule has 0 N–H and O–H groups in total. The van der Waals surface area contributed by atoms with Gasteiger partial charge in [-0.3, -0.25) is 0 Å². The molecule has 218 valence electrons. The van der Waals surface area contributed by atoms with Crippen molar-refractivity contribution in [1.29, 1.82) is 0 Å². The zero-order valence-corrected chi connectivity index (χ0v) is 26.1. The number of hydrogen-bond donors (Lipinski definition) is 0. The van der Waals surface area contributed by atoms with E-state index in [0.29, 0.717) is 0 Å². The summed E-state index contributed by atoms with van der Waals surface area (Å²) < 4.78 is 6.66. The molecule has 6 rings (SSSR count). The fraction of sp³-hybridized carbons (Fsp3) is 0.122. The van der Waals surface area contributed by atoms with Crippen molar-refractivity contribution < 1.29 is 4.74 Å². The number of anilines is 6. The molecular weight excluding hydrogens is 536 g/mol. The Kier molecular flexibility index (Phi) is 8.21. The van der Waals surface area contributed by atoms with Crippen molar-refractivity contribution in [2.24, 2.45) is 0 Å². The zero-order chi connectivity index (χ0) is 30.6. The van der Waals surface area contributed by atoms with Crippen LogP contribution in [0.5, 0.6) is 11.5 Å². The van der Waals surface area contributed by atoms with Gasteiger partial charge in [0.2, 0.25) is 0 Å². The molecule has 44 heavy (non-hydrogen) atoms. The largest absolute Gasteiger partial charge is 0.457 e. The van der Waals surface area contributed by atoms with Crippen molar-refractivity contribution in [1.82, 2.24) is 0 Å². The molecule has 0 radical (unpaired) electrons. The van der Waals surface area contributed by atoms with Crippen LogP contribution in [0, 0.1) is 34.6 Å². The van der Waals surface area contributed by atoms with Crippen LogP contribution in [0.25, 0.3) is 0 Å². The lowest BCUT2D eigenvalue weighted by Crippen LogP contribution is -2.15. The lowest BCUT2D eigenvalue weighted by Gasteiger charge is -2.32. The Morgan fingerprint density at radius 1 is 0.386 bits per heavy atom. The van der Waals surface area contributed by atoms with E-state index in [4.69, 9.17) is 4.74 Å². The van der Waals surface area contributed by atoms with Crippen LogP contribution in [0.4, 0.5) is 34.1 Å². The van der Waals surface area contributed by atoms with Crippen LogP contribution in [0.1, 0.15) is 27.8 Å². The van der Waals surface area contributed by atoms with Gasteiger partial charge in [-0.1, -0.05) is 89.0 Å². The Bertz CT molecular complexity index is 1750. The van der Waals surface area contributed by atoms with Gasteiger partial charge in [-0.15, -0.1) is 0 Å². The highest BCUT2D eigenvalue weighted by atomic mass is 16.5. The molecule has 0 aliphatic heterocycles. The smallest absolute Gasteiger partial charge is 0.134 e. The second-order valence-corrected chi connectivity index (χ2v) is 11.5. The summed E-state index contributed by atoms with van der Waals surface area (Å²) in [5, 5.41) is 0. The first-order valence-electron chi connectivity index (χ1n) is 15.1. The fourth-order valence-corrected chi connectivity index (χ4v) is 5.39. The number of nitrogens with zero attached hydrogens (tertiary/aromatic N) is 2. The van der Waals surface area contributed by atoms with Crippen LogP contribution in [0.15, 0.2) is 140 Å². The van der Waals surface area contributed by atoms with Gasteiger partial charge >= 0.3 is 0 Å². The van der Waals surface area contributed by atoms with Gasteiger partial charge in [-0.05, 0) is 101 Å². The van der Waals surface area contributed by atoms with Crippen LogP contribution in [-0.4, -0.2) is 0 Å². The van der Waals surface area contributed by atoms with Crippen molar-refractivity contribution >= 4 is 34.1 Å². The summed E-state index contributed by atoms with van der Waals surface area (Å²) in [6.45, 7) is 10.6. The molecule has 0 saturated heterocycles. The Morgan fingerprint density at radius 3 is 1.18 bits per heavy atom. The maximum Gasteiger partial charge on any atom is 0.134 e. The van der Waals surface area contributed by atoms with Crippen LogP contribution in [0.2, 0.25) is 0 Å². The highest BCUT2D eigenvalue weighted by molar-refractivity contribution is 5.86. The van der Waals surface area contributed by atoms with Crippen LogP contribution >= 0.6 is 0 Å². The number of aryl methyl sites for hydroxylation is 4. The second-order valence-electron chi connectivity index (χ2n) is 11.5. The second kappa shape index (κ2) is 12.5. The number of ether oxygens (including phenoxy) is 1. The van der Waals surface area contributed by atoms with Gasteiger partial charge in [-0.2, -0.15) is 0 Å². The fourth-order valence-electron chi connectivity index (χ4n) is 5.39.